The topological polar surface area (TPSA) is 58.9 Å². The molecule has 1 heterocycles. The fraction of sp³-hybridized carbons (Fsp3) is 0.480. The van der Waals surface area contributed by atoms with Crippen LogP contribution in [0.1, 0.15) is 69.2 Å². The summed E-state index contributed by atoms with van der Waals surface area (Å²) in [6.45, 7) is 7.84. The Balaban J connectivity index is 2.32. The van der Waals surface area contributed by atoms with Crippen molar-refractivity contribution in [2.45, 2.75) is 71.3 Å². The van der Waals surface area contributed by atoms with Gasteiger partial charge in [-0.2, -0.15) is 5.10 Å². The third-order valence-electron chi connectivity index (χ3n) is 5.79. The summed E-state index contributed by atoms with van der Waals surface area (Å²) < 4.78 is 20.7. The van der Waals surface area contributed by atoms with Crippen molar-refractivity contribution in [1.82, 2.24) is 10.4 Å². The van der Waals surface area contributed by atoms with Gasteiger partial charge in [-0.15, -0.1) is 0 Å². The van der Waals surface area contributed by atoms with Crippen molar-refractivity contribution in [1.29, 1.82) is 0 Å². The Kier molecular flexibility index (Phi) is 8.15. The van der Waals surface area contributed by atoms with Crippen LogP contribution in [0.2, 0.25) is 0 Å². The van der Waals surface area contributed by atoms with Gasteiger partial charge in [0.25, 0.3) is 0 Å². The standard InChI is InChI=1S/C25H33FN4O/c1-5-11-19(6-2)31-25-23(24(27-3)30-28-4)22(17-12-10-13-18(26)16-17)20-14-8-7-9-15-21(20)29-25/h10,12-13,16,19H,4-9,11,14-15H2,1-3H3,(H,27,30)/t19-/m1/s1. The highest BCUT2D eigenvalue weighted by Gasteiger charge is 2.27. The quantitative estimate of drug-likeness (QED) is 0.256. The Bertz CT molecular complexity index is 941. The van der Waals surface area contributed by atoms with Crippen LogP contribution in [-0.4, -0.2) is 30.7 Å². The lowest BCUT2D eigenvalue weighted by Crippen LogP contribution is -2.25. The van der Waals surface area contributed by atoms with E-state index in [0.29, 0.717) is 11.7 Å². The Morgan fingerprint density at radius 1 is 1.26 bits per heavy atom. The van der Waals surface area contributed by atoms with Crippen molar-refractivity contribution < 1.29 is 9.13 Å². The molecular weight excluding hydrogens is 391 g/mol. The number of aromatic nitrogens is 1. The average Bonchev–Trinajstić information content (AvgIpc) is 3.01. The van der Waals surface area contributed by atoms with Gasteiger partial charge in [0.15, 0.2) is 5.84 Å². The number of hydrazone groups is 1. The fourth-order valence-electron chi connectivity index (χ4n) is 4.28. The molecule has 0 fully saturated rings. The molecule has 2 aromatic rings. The molecule has 0 spiro atoms. The minimum absolute atomic E-state index is 0.0511. The summed E-state index contributed by atoms with van der Waals surface area (Å²) in [6.07, 6.45) is 8.01. The smallest absolute Gasteiger partial charge is 0.225 e. The number of pyridine rings is 1. The number of benzene rings is 1. The molecule has 1 aromatic heterocycles. The van der Waals surface area contributed by atoms with E-state index in [1.54, 1.807) is 19.2 Å². The van der Waals surface area contributed by atoms with E-state index >= 15 is 0 Å². The van der Waals surface area contributed by atoms with Gasteiger partial charge in [0.1, 0.15) is 11.9 Å². The second kappa shape index (κ2) is 11.0. The second-order valence-electron chi connectivity index (χ2n) is 7.94. The van der Waals surface area contributed by atoms with Crippen LogP contribution >= 0.6 is 0 Å². The van der Waals surface area contributed by atoms with Crippen LogP contribution in [0.3, 0.4) is 0 Å². The molecule has 1 N–H and O–H groups in total. The van der Waals surface area contributed by atoms with Crippen LogP contribution in [0.4, 0.5) is 4.39 Å². The first-order valence-electron chi connectivity index (χ1n) is 11.3. The van der Waals surface area contributed by atoms with Crippen molar-refractivity contribution in [2.24, 2.45) is 10.1 Å². The third-order valence-corrected chi connectivity index (χ3v) is 5.79. The molecule has 0 saturated carbocycles. The summed E-state index contributed by atoms with van der Waals surface area (Å²) >= 11 is 0. The van der Waals surface area contributed by atoms with Gasteiger partial charge in [0.05, 0.1) is 5.56 Å². The maximum Gasteiger partial charge on any atom is 0.225 e. The summed E-state index contributed by atoms with van der Waals surface area (Å²) in [5.41, 5.74) is 7.58. The van der Waals surface area contributed by atoms with Gasteiger partial charge in [-0.3, -0.25) is 10.4 Å². The first kappa shape index (κ1) is 22.9. The van der Waals surface area contributed by atoms with Crippen LogP contribution in [0.25, 0.3) is 11.1 Å². The van der Waals surface area contributed by atoms with Gasteiger partial charge in [0, 0.05) is 25.0 Å². The molecule has 0 bridgehead atoms. The summed E-state index contributed by atoms with van der Waals surface area (Å²) in [5, 5.41) is 3.85. The summed E-state index contributed by atoms with van der Waals surface area (Å²) in [7, 11) is 1.70. The van der Waals surface area contributed by atoms with Crippen LogP contribution in [-0.2, 0) is 12.8 Å². The van der Waals surface area contributed by atoms with E-state index in [0.717, 1.165) is 79.3 Å². The lowest BCUT2D eigenvalue weighted by molar-refractivity contribution is 0.177. The van der Waals surface area contributed by atoms with Crippen LogP contribution in [0.5, 0.6) is 5.88 Å². The molecule has 1 aromatic carbocycles. The van der Waals surface area contributed by atoms with Gasteiger partial charge in [0.2, 0.25) is 5.88 Å². The van der Waals surface area contributed by atoms with E-state index in [1.165, 1.54) is 6.07 Å². The highest BCUT2D eigenvalue weighted by atomic mass is 19.1. The second-order valence-corrected chi connectivity index (χ2v) is 7.94. The average molecular weight is 425 g/mol. The minimum atomic E-state index is -0.271. The number of ether oxygens (including phenoxy) is 1. The number of nitrogens with one attached hydrogen (secondary N) is 1. The third kappa shape index (κ3) is 5.30. The predicted octanol–water partition coefficient (Wildman–Crippen LogP) is 5.70. The number of nitrogens with zero attached hydrogens (tertiary/aromatic N) is 3. The predicted molar refractivity (Wildman–Crippen MR) is 126 cm³/mol. The highest BCUT2D eigenvalue weighted by molar-refractivity contribution is 6.07. The Morgan fingerprint density at radius 2 is 2.06 bits per heavy atom. The zero-order valence-electron chi connectivity index (χ0n) is 18.9. The highest BCUT2D eigenvalue weighted by Crippen LogP contribution is 2.38. The normalized spacial score (nSPS) is 15.0. The number of halogens is 1. The van der Waals surface area contributed by atoms with Gasteiger partial charge in [-0.1, -0.05) is 38.8 Å². The molecule has 1 atom stereocenters. The maximum atomic E-state index is 14.3. The minimum Gasteiger partial charge on any atom is -0.474 e. The first-order chi connectivity index (χ1) is 15.1. The van der Waals surface area contributed by atoms with Crippen molar-refractivity contribution in [3.8, 4) is 17.0 Å². The van der Waals surface area contributed by atoms with Crippen molar-refractivity contribution in [3.63, 3.8) is 0 Å². The van der Waals surface area contributed by atoms with Gasteiger partial charge in [-0.05, 0) is 61.8 Å². The van der Waals surface area contributed by atoms with E-state index in [-0.39, 0.29) is 11.9 Å². The molecule has 0 amide bonds. The molecule has 1 aliphatic carbocycles. The Morgan fingerprint density at radius 3 is 2.74 bits per heavy atom. The van der Waals surface area contributed by atoms with Gasteiger partial charge < -0.3 is 4.74 Å². The largest absolute Gasteiger partial charge is 0.474 e. The van der Waals surface area contributed by atoms with Crippen molar-refractivity contribution in [3.05, 3.63) is 46.9 Å². The summed E-state index contributed by atoms with van der Waals surface area (Å²) in [4.78, 5) is 9.43. The first-order valence-corrected chi connectivity index (χ1v) is 11.3. The molecule has 31 heavy (non-hydrogen) atoms. The fourth-order valence-corrected chi connectivity index (χ4v) is 4.28. The lowest BCUT2D eigenvalue weighted by Gasteiger charge is -2.24. The number of aryl methyl sites for hydroxylation is 1. The molecule has 0 radical (unpaired) electrons. The molecular formula is C25H33FN4O. The molecule has 0 unspecified atom stereocenters. The molecule has 0 saturated heterocycles. The van der Waals surface area contributed by atoms with E-state index in [9.17, 15) is 4.39 Å². The van der Waals surface area contributed by atoms with E-state index in [4.69, 9.17) is 9.72 Å². The molecule has 5 nitrogen and oxygen atoms in total. The number of hydrogen-bond donors (Lipinski definition) is 1. The number of aliphatic imine (C=N–C) groups is 1. The summed E-state index contributed by atoms with van der Waals surface area (Å²) in [5.74, 6) is 0.791. The number of amidine groups is 1. The summed E-state index contributed by atoms with van der Waals surface area (Å²) in [6, 6.07) is 6.72. The number of fused-ring (bicyclic) bond motifs is 1. The van der Waals surface area contributed by atoms with Crippen molar-refractivity contribution in [2.75, 3.05) is 7.05 Å². The molecule has 3 rings (SSSR count). The van der Waals surface area contributed by atoms with Gasteiger partial charge >= 0.3 is 0 Å². The van der Waals surface area contributed by atoms with E-state index < -0.39 is 0 Å². The SMILES string of the molecule is C=NNC(=NC)c1c(O[C@H](CC)CCC)nc2c(c1-c1cccc(F)c1)CCCCC2. The van der Waals surface area contributed by atoms with Gasteiger partial charge in [-0.25, -0.2) is 9.37 Å². The Hall–Kier alpha value is -2.76. The zero-order chi connectivity index (χ0) is 22.2. The van der Waals surface area contributed by atoms with E-state index in [1.807, 2.05) is 6.07 Å². The monoisotopic (exact) mass is 424 g/mol. The number of rotatable bonds is 8. The van der Waals surface area contributed by atoms with Crippen LogP contribution < -0.4 is 10.2 Å². The molecule has 0 aliphatic heterocycles. The molecule has 166 valence electrons. The number of hydrogen-bond acceptors (Lipinski definition) is 4. The van der Waals surface area contributed by atoms with Crippen LogP contribution in [0.15, 0.2) is 34.4 Å². The van der Waals surface area contributed by atoms with Crippen LogP contribution in [0, 0.1) is 5.82 Å². The van der Waals surface area contributed by atoms with E-state index in [2.05, 4.69) is 36.1 Å². The molecule has 1 aliphatic rings. The Labute approximate surface area is 184 Å². The zero-order valence-corrected chi connectivity index (χ0v) is 18.9. The maximum absolute atomic E-state index is 14.3. The lowest BCUT2D eigenvalue weighted by atomic mass is 9.91. The van der Waals surface area contributed by atoms with Crippen molar-refractivity contribution >= 4 is 12.6 Å². The molecule has 6 heteroatoms.